The molecule has 2 unspecified atom stereocenters. The van der Waals surface area contributed by atoms with E-state index in [9.17, 15) is 4.79 Å². The highest BCUT2D eigenvalue weighted by Crippen LogP contribution is 2.31. The molecule has 1 aromatic heterocycles. The number of primary amides is 1. The van der Waals surface area contributed by atoms with Crippen molar-refractivity contribution in [1.82, 2.24) is 10.2 Å². The van der Waals surface area contributed by atoms with Crippen LogP contribution in [0.1, 0.15) is 36.5 Å². The molecule has 5 nitrogen and oxygen atoms in total. The number of aromatic nitrogens is 2. The molecular formula is C12H17ClN4OS. The number of nitrogens with zero attached hydrogens (tertiary/aromatic N) is 2. The van der Waals surface area contributed by atoms with Gasteiger partial charge in [-0.25, -0.2) is 0 Å². The Hall–Kier alpha value is -1.01. The first-order valence-corrected chi connectivity index (χ1v) is 7.74. The van der Waals surface area contributed by atoms with Crippen LogP contribution in [0.5, 0.6) is 0 Å². The van der Waals surface area contributed by atoms with Crippen LogP contribution in [0.3, 0.4) is 0 Å². The quantitative estimate of drug-likeness (QED) is 0.872. The van der Waals surface area contributed by atoms with Gasteiger partial charge in [-0.3, -0.25) is 4.79 Å². The van der Waals surface area contributed by atoms with Crippen LogP contribution >= 0.6 is 23.4 Å². The third kappa shape index (κ3) is 3.73. The van der Waals surface area contributed by atoms with E-state index in [0.29, 0.717) is 22.7 Å². The maximum absolute atomic E-state index is 11.4. The zero-order valence-corrected chi connectivity index (χ0v) is 12.3. The number of rotatable bonds is 5. The molecular weight excluding hydrogens is 284 g/mol. The predicted molar refractivity (Wildman–Crippen MR) is 78.7 cm³/mol. The van der Waals surface area contributed by atoms with Gasteiger partial charge in [-0.05, 0) is 31.1 Å². The molecule has 0 saturated heterocycles. The molecule has 1 heterocycles. The van der Waals surface area contributed by atoms with Gasteiger partial charge in [-0.2, -0.15) is 11.8 Å². The zero-order chi connectivity index (χ0) is 13.8. The van der Waals surface area contributed by atoms with Crippen molar-refractivity contribution in [1.29, 1.82) is 0 Å². The second-order valence-corrected chi connectivity index (χ2v) is 6.49. The van der Waals surface area contributed by atoms with Gasteiger partial charge in [0.05, 0.1) is 5.56 Å². The monoisotopic (exact) mass is 300 g/mol. The summed E-state index contributed by atoms with van der Waals surface area (Å²) in [6.07, 6.45) is 3.32. The molecule has 1 fully saturated rings. The highest BCUT2D eigenvalue weighted by Gasteiger charge is 2.26. The van der Waals surface area contributed by atoms with Crippen LogP contribution < -0.4 is 11.1 Å². The Bertz CT molecular complexity index is 471. The van der Waals surface area contributed by atoms with Crippen molar-refractivity contribution in [3.8, 4) is 0 Å². The number of thioether (sulfide) groups is 1. The Labute approximate surface area is 121 Å². The molecule has 1 amide bonds. The van der Waals surface area contributed by atoms with Crippen LogP contribution in [0.15, 0.2) is 6.07 Å². The van der Waals surface area contributed by atoms with E-state index in [1.54, 1.807) is 0 Å². The predicted octanol–water partition coefficient (Wildman–Crippen LogP) is 2.32. The van der Waals surface area contributed by atoms with Gasteiger partial charge in [0.25, 0.3) is 5.91 Å². The summed E-state index contributed by atoms with van der Waals surface area (Å²) in [5, 5.41) is 11.8. The molecule has 2 atom stereocenters. The number of carbonyl (C=O) groups is 1. The molecule has 0 radical (unpaired) electrons. The zero-order valence-electron chi connectivity index (χ0n) is 10.7. The minimum atomic E-state index is -0.545. The molecule has 1 aromatic rings. The third-order valence-corrected chi connectivity index (χ3v) is 4.57. The standard InChI is InChI=1S/C12H17ClN4OS/c1-2-19-8-4-3-7(5-8)15-12-9(11(14)18)6-10(13)16-17-12/h6-8H,2-5H2,1H3,(H2,14,18)(H,15,17). The summed E-state index contributed by atoms with van der Waals surface area (Å²) in [6, 6.07) is 1.77. The fourth-order valence-electron chi connectivity index (χ4n) is 2.31. The molecule has 0 spiro atoms. The minimum absolute atomic E-state index is 0.171. The van der Waals surface area contributed by atoms with E-state index in [2.05, 4.69) is 22.4 Å². The first kappa shape index (κ1) is 14.4. The number of amides is 1. The summed E-state index contributed by atoms with van der Waals surface area (Å²) in [4.78, 5) is 11.4. The number of nitrogens with one attached hydrogen (secondary N) is 1. The number of hydrogen-bond acceptors (Lipinski definition) is 5. The normalized spacial score (nSPS) is 22.4. The van der Waals surface area contributed by atoms with E-state index in [-0.39, 0.29) is 5.15 Å². The molecule has 0 aromatic carbocycles. The van der Waals surface area contributed by atoms with Crippen LogP contribution in [0.25, 0.3) is 0 Å². The van der Waals surface area contributed by atoms with E-state index in [1.165, 1.54) is 12.5 Å². The lowest BCUT2D eigenvalue weighted by atomic mass is 10.2. The number of halogens is 1. The van der Waals surface area contributed by atoms with Crippen molar-refractivity contribution in [2.24, 2.45) is 5.73 Å². The Balaban J connectivity index is 2.05. The van der Waals surface area contributed by atoms with Crippen molar-refractivity contribution in [2.75, 3.05) is 11.1 Å². The van der Waals surface area contributed by atoms with E-state index < -0.39 is 5.91 Å². The SMILES string of the molecule is CCSC1CCC(Nc2nnc(Cl)cc2C(N)=O)C1. The number of carbonyl (C=O) groups excluding carboxylic acids is 1. The van der Waals surface area contributed by atoms with Gasteiger partial charge in [0.1, 0.15) is 0 Å². The van der Waals surface area contributed by atoms with Gasteiger partial charge < -0.3 is 11.1 Å². The van der Waals surface area contributed by atoms with Crippen LogP contribution in [0, 0.1) is 0 Å². The fourth-order valence-corrected chi connectivity index (χ4v) is 3.60. The maximum Gasteiger partial charge on any atom is 0.252 e. The third-order valence-electron chi connectivity index (χ3n) is 3.16. The van der Waals surface area contributed by atoms with Crippen molar-refractivity contribution < 1.29 is 4.79 Å². The summed E-state index contributed by atoms with van der Waals surface area (Å²) < 4.78 is 0. The van der Waals surface area contributed by atoms with Crippen LogP contribution in [-0.4, -0.2) is 33.1 Å². The van der Waals surface area contributed by atoms with Crippen LogP contribution in [-0.2, 0) is 0 Å². The minimum Gasteiger partial charge on any atom is -0.365 e. The molecule has 1 saturated carbocycles. The summed E-state index contributed by atoms with van der Waals surface area (Å²) in [7, 11) is 0. The summed E-state index contributed by atoms with van der Waals surface area (Å²) in [6.45, 7) is 2.17. The van der Waals surface area contributed by atoms with Gasteiger partial charge in [0.2, 0.25) is 0 Å². The Kier molecular flexibility index (Phi) is 4.87. The first-order chi connectivity index (χ1) is 9.10. The molecule has 104 valence electrons. The van der Waals surface area contributed by atoms with Crippen molar-refractivity contribution in [2.45, 2.75) is 37.5 Å². The maximum atomic E-state index is 11.4. The lowest BCUT2D eigenvalue weighted by Crippen LogP contribution is -2.22. The van der Waals surface area contributed by atoms with Gasteiger partial charge in [-0.1, -0.05) is 18.5 Å². The van der Waals surface area contributed by atoms with Gasteiger partial charge in [0.15, 0.2) is 11.0 Å². The molecule has 1 aliphatic carbocycles. The van der Waals surface area contributed by atoms with E-state index >= 15 is 0 Å². The molecule has 1 aliphatic rings. The molecule has 7 heteroatoms. The Morgan fingerprint density at radius 1 is 1.58 bits per heavy atom. The van der Waals surface area contributed by atoms with Crippen molar-refractivity contribution in [3.05, 3.63) is 16.8 Å². The van der Waals surface area contributed by atoms with Gasteiger partial charge in [-0.15, -0.1) is 10.2 Å². The fraction of sp³-hybridized carbons (Fsp3) is 0.583. The van der Waals surface area contributed by atoms with E-state index in [1.807, 2.05) is 11.8 Å². The molecule has 0 aliphatic heterocycles. The average molecular weight is 301 g/mol. The van der Waals surface area contributed by atoms with Gasteiger partial charge >= 0.3 is 0 Å². The van der Waals surface area contributed by atoms with Crippen LogP contribution in [0.2, 0.25) is 5.15 Å². The van der Waals surface area contributed by atoms with Gasteiger partial charge in [0, 0.05) is 11.3 Å². The number of anilines is 1. The molecule has 3 N–H and O–H groups in total. The lowest BCUT2D eigenvalue weighted by Gasteiger charge is -2.15. The highest BCUT2D eigenvalue weighted by atomic mass is 35.5. The number of hydrogen-bond donors (Lipinski definition) is 2. The van der Waals surface area contributed by atoms with Crippen molar-refractivity contribution in [3.63, 3.8) is 0 Å². The smallest absolute Gasteiger partial charge is 0.252 e. The largest absolute Gasteiger partial charge is 0.365 e. The molecule has 19 heavy (non-hydrogen) atoms. The summed E-state index contributed by atoms with van der Waals surface area (Å²) >= 11 is 7.71. The molecule has 2 rings (SSSR count). The van der Waals surface area contributed by atoms with E-state index in [0.717, 1.165) is 18.6 Å². The Morgan fingerprint density at radius 3 is 3.05 bits per heavy atom. The van der Waals surface area contributed by atoms with Crippen molar-refractivity contribution >= 4 is 35.1 Å². The second kappa shape index (κ2) is 6.43. The average Bonchev–Trinajstić information content (AvgIpc) is 2.79. The topological polar surface area (TPSA) is 80.9 Å². The summed E-state index contributed by atoms with van der Waals surface area (Å²) in [5.74, 6) is 1.02. The lowest BCUT2D eigenvalue weighted by molar-refractivity contribution is 0.100. The highest BCUT2D eigenvalue weighted by molar-refractivity contribution is 7.99. The summed E-state index contributed by atoms with van der Waals surface area (Å²) in [5.41, 5.74) is 5.62. The first-order valence-electron chi connectivity index (χ1n) is 6.31. The molecule has 0 bridgehead atoms. The van der Waals surface area contributed by atoms with Crippen LogP contribution in [0.4, 0.5) is 5.82 Å². The Morgan fingerprint density at radius 2 is 2.37 bits per heavy atom. The number of nitrogens with two attached hydrogens (primary N) is 1. The second-order valence-electron chi connectivity index (χ2n) is 4.53. The van der Waals surface area contributed by atoms with E-state index in [4.69, 9.17) is 17.3 Å².